The van der Waals surface area contributed by atoms with Crippen molar-refractivity contribution < 1.29 is 9.53 Å². The second-order valence-corrected chi connectivity index (χ2v) is 10.7. The number of methoxy groups -OCH3 is 1. The molecule has 202 valence electrons. The van der Waals surface area contributed by atoms with Crippen LogP contribution in [0.3, 0.4) is 0 Å². The number of hydrogen-bond acceptors (Lipinski definition) is 4. The van der Waals surface area contributed by atoms with E-state index in [9.17, 15) is 4.79 Å². The number of hydrogen-bond donors (Lipinski definition) is 1. The fraction of sp³-hybridized carbons (Fsp3) is 0.424. The third kappa shape index (κ3) is 6.96. The van der Waals surface area contributed by atoms with Gasteiger partial charge in [-0.2, -0.15) is 0 Å². The SMILES string of the molecule is C=C(/C=C\C(=C/C)c1cc(C(=O)N2CCC(c3ccc(OC)cc3)CC2)ccc1C)NC1CCN(C)CC1. The monoisotopic (exact) mass is 513 g/mol. The molecule has 0 bridgehead atoms. The van der Waals surface area contributed by atoms with Gasteiger partial charge in [-0.15, -0.1) is 0 Å². The highest BCUT2D eigenvalue weighted by molar-refractivity contribution is 5.96. The van der Waals surface area contributed by atoms with Gasteiger partial charge in [-0.3, -0.25) is 4.79 Å². The van der Waals surface area contributed by atoms with Gasteiger partial charge in [-0.25, -0.2) is 0 Å². The fourth-order valence-corrected chi connectivity index (χ4v) is 5.54. The minimum atomic E-state index is 0.118. The first-order chi connectivity index (χ1) is 18.4. The van der Waals surface area contributed by atoms with Crippen LogP contribution in [0, 0.1) is 6.92 Å². The van der Waals surface area contributed by atoms with E-state index in [1.165, 1.54) is 5.56 Å². The second kappa shape index (κ2) is 13.0. The Balaban J connectivity index is 1.38. The van der Waals surface area contributed by atoms with Crippen LogP contribution in [0.15, 0.2) is 73.0 Å². The van der Waals surface area contributed by atoms with Crippen LogP contribution < -0.4 is 10.1 Å². The van der Waals surface area contributed by atoms with Gasteiger partial charge in [0.05, 0.1) is 7.11 Å². The second-order valence-electron chi connectivity index (χ2n) is 10.7. The van der Waals surface area contributed by atoms with Crippen molar-refractivity contribution in [2.24, 2.45) is 0 Å². The largest absolute Gasteiger partial charge is 0.497 e. The summed E-state index contributed by atoms with van der Waals surface area (Å²) in [7, 11) is 3.87. The van der Waals surface area contributed by atoms with Crippen molar-refractivity contribution in [1.29, 1.82) is 0 Å². The van der Waals surface area contributed by atoms with Crippen molar-refractivity contribution in [2.75, 3.05) is 40.3 Å². The average Bonchev–Trinajstić information content (AvgIpc) is 2.95. The Morgan fingerprint density at radius 1 is 1.00 bits per heavy atom. The maximum absolute atomic E-state index is 13.5. The lowest BCUT2D eigenvalue weighted by Gasteiger charge is -2.32. The molecule has 2 heterocycles. The zero-order chi connectivity index (χ0) is 27.1. The van der Waals surface area contributed by atoms with Crippen LogP contribution in [0.2, 0.25) is 0 Å². The molecular weight excluding hydrogens is 470 g/mol. The van der Waals surface area contributed by atoms with Gasteiger partial charge in [0.2, 0.25) is 0 Å². The average molecular weight is 514 g/mol. The molecule has 0 saturated carbocycles. The Hall–Kier alpha value is -3.31. The molecule has 5 nitrogen and oxygen atoms in total. The molecule has 2 aliphatic rings. The van der Waals surface area contributed by atoms with E-state index >= 15 is 0 Å². The van der Waals surface area contributed by atoms with Gasteiger partial charge >= 0.3 is 0 Å². The number of rotatable bonds is 8. The Labute approximate surface area is 228 Å². The number of likely N-dealkylation sites (tertiary alicyclic amines) is 2. The number of carbonyl (C=O) groups is 1. The Morgan fingerprint density at radius 2 is 1.68 bits per heavy atom. The smallest absolute Gasteiger partial charge is 0.253 e. The number of allylic oxidation sites excluding steroid dienone is 4. The molecule has 0 spiro atoms. The molecule has 0 aromatic heterocycles. The highest BCUT2D eigenvalue weighted by atomic mass is 16.5. The number of carbonyl (C=O) groups excluding carboxylic acids is 1. The molecule has 1 amide bonds. The lowest BCUT2D eigenvalue weighted by Crippen LogP contribution is -2.40. The molecule has 2 aliphatic heterocycles. The highest BCUT2D eigenvalue weighted by Gasteiger charge is 2.25. The zero-order valence-electron chi connectivity index (χ0n) is 23.5. The molecule has 2 aromatic carbocycles. The summed E-state index contributed by atoms with van der Waals surface area (Å²) in [6.45, 7) is 12.2. The van der Waals surface area contributed by atoms with Crippen LogP contribution >= 0.6 is 0 Å². The first kappa shape index (κ1) is 27.7. The molecular formula is C33H43N3O2. The molecule has 38 heavy (non-hydrogen) atoms. The normalized spacial score (nSPS) is 18.1. The van der Waals surface area contributed by atoms with Crippen LogP contribution in [0.4, 0.5) is 0 Å². The Kier molecular flexibility index (Phi) is 9.46. The zero-order valence-corrected chi connectivity index (χ0v) is 23.5. The summed E-state index contributed by atoms with van der Waals surface area (Å²) < 4.78 is 5.29. The summed E-state index contributed by atoms with van der Waals surface area (Å²) in [5.41, 5.74) is 6.36. The van der Waals surface area contributed by atoms with Crippen LogP contribution in [0.25, 0.3) is 5.57 Å². The molecule has 2 aromatic rings. The van der Waals surface area contributed by atoms with Crippen LogP contribution in [0.5, 0.6) is 5.75 Å². The van der Waals surface area contributed by atoms with Crippen LogP contribution in [-0.2, 0) is 0 Å². The molecule has 2 fully saturated rings. The Morgan fingerprint density at radius 3 is 2.32 bits per heavy atom. The molecule has 0 radical (unpaired) electrons. The van der Waals surface area contributed by atoms with E-state index in [2.05, 4.69) is 73.3 Å². The van der Waals surface area contributed by atoms with E-state index < -0.39 is 0 Å². The first-order valence-electron chi connectivity index (χ1n) is 13.9. The minimum Gasteiger partial charge on any atom is -0.497 e. The van der Waals surface area contributed by atoms with E-state index in [4.69, 9.17) is 4.74 Å². The van der Waals surface area contributed by atoms with Crippen molar-refractivity contribution in [2.45, 2.75) is 51.5 Å². The third-order valence-corrected chi connectivity index (χ3v) is 8.05. The van der Waals surface area contributed by atoms with E-state index in [0.717, 1.165) is 85.6 Å². The van der Waals surface area contributed by atoms with E-state index in [-0.39, 0.29) is 5.91 Å². The number of aryl methyl sites for hydroxylation is 1. The van der Waals surface area contributed by atoms with Gasteiger partial charge in [0.1, 0.15) is 5.75 Å². The van der Waals surface area contributed by atoms with Crippen LogP contribution in [0.1, 0.15) is 65.6 Å². The number of benzene rings is 2. The van der Waals surface area contributed by atoms with Crippen LogP contribution in [-0.4, -0.2) is 62.1 Å². The lowest BCUT2D eigenvalue weighted by molar-refractivity contribution is 0.0713. The highest BCUT2D eigenvalue weighted by Crippen LogP contribution is 2.30. The van der Waals surface area contributed by atoms with E-state index in [0.29, 0.717) is 12.0 Å². The standard InChI is InChI=1S/C33H43N3O2/c1-6-26(10-8-25(3)34-30-17-19-35(4)20-18-30)32-23-29(9-7-24(32)2)33(37)36-21-15-28(16-22-36)27-11-13-31(38-5)14-12-27/h6-14,23,28,30,34H,3,15-22H2,1-2,4-5H3/b10-8-,26-6+. The predicted octanol–water partition coefficient (Wildman–Crippen LogP) is 6.18. The van der Waals surface area contributed by atoms with Gasteiger partial charge < -0.3 is 19.9 Å². The summed E-state index contributed by atoms with van der Waals surface area (Å²) >= 11 is 0. The molecule has 4 rings (SSSR count). The molecule has 0 unspecified atom stereocenters. The van der Waals surface area contributed by atoms with E-state index in [1.807, 2.05) is 30.0 Å². The third-order valence-electron chi connectivity index (χ3n) is 8.05. The van der Waals surface area contributed by atoms with Gasteiger partial charge in [0, 0.05) is 30.4 Å². The maximum atomic E-state index is 13.5. The predicted molar refractivity (Wildman–Crippen MR) is 158 cm³/mol. The summed E-state index contributed by atoms with van der Waals surface area (Å²) in [4.78, 5) is 17.8. The van der Waals surface area contributed by atoms with Crippen molar-refractivity contribution in [3.8, 4) is 5.75 Å². The number of piperidine rings is 2. The van der Waals surface area contributed by atoms with Gasteiger partial charge in [0.25, 0.3) is 5.91 Å². The topological polar surface area (TPSA) is 44.8 Å². The van der Waals surface area contributed by atoms with Gasteiger partial charge in [0.15, 0.2) is 0 Å². The number of nitrogens with zero attached hydrogens (tertiary/aromatic N) is 2. The van der Waals surface area contributed by atoms with Gasteiger partial charge in [-0.05, 0) is 118 Å². The number of ether oxygens (including phenoxy) is 1. The summed E-state index contributed by atoms with van der Waals surface area (Å²) in [5, 5.41) is 3.58. The minimum absolute atomic E-state index is 0.118. The summed E-state index contributed by atoms with van der Waals surface area (Å²) in [5.74, 6) is 1.48. The van der Waals surface area contributed by atoms with Crippen molar-refractivity contribution in [3.63, 3.8) is 0 Å². The molecule has 5 heteroatoms. The summed E-state index contributed by atoms with van der Waals surface area (Å²) in [6.07, 6.45) is 10.5. The van der Waals surface area contributed by atoms with Crippen molar-refractivity contribution >= 4 is 11.5 Å². The molecule has 0 aliphatic carbocycles. The van der Waals surface area contributed by atoms with E-state index in [1.54, 1.807) is 7.11 Å². The van der Waals surface area contributed by atoms with Gasteiger partial charge in [-0.1, -0.05) is 36.9 Å². The quantitative estimate of drug-likeness (QED) is 0.428. The number of nitrogens with one attached hydrogen (secondary N) is 1. The first-order valence-corrected chi connectivity index (χ1v) is 13.9. The molecule has 1 N–H and O–H groups in total. The lowest BCUT2D eigenvalue weighted by atomic mass is 9.89. The molecule has 0 atom stereocenters. The van der Waals surface area contributed by atoms with Crippen molar-refractivity contribution in [3.05, 3.63) is 95.2 Å². The van der Waals surface area contributed by atoms with Crippen molar-refractivity contribution in [1.82, 2.24) is 15.1 Å². The Bertz CT molecular complexity index is 1170. The molecule has 2 saturated heterocycles. The maximum Gasteiger partial charge on any atom is 0.253 e. The number of amides is 1. The fourth-order valence-electron chi connectivity index (χ4n) is 5.54. The summed E-state index contributed by atoms with van der Waals surface area (Å²) in [6, 6.07) is 14.9.